The summed E-state index contributed by atoms with van der Waals surface area (Å²) in [6.45, 7) is 7.09. The highest BCUT2D eigenvalue weighted by Gasteiger charge is 2.24. The molecular formula is C14H19Br2N. The van der Waals surface area contributed by atoms with Crippen molar-refractivity contribution in [1.82, 2.24) is 0 Å². The van der Waals surface area contributed by atoms with E-state index in [4.69, 9.17) is 0 Å². The van der Waals surface area contributed by atoms with E-state index in [1.54, 1.807) is 0 Å². The molecule has 0 radical (unpaired) electrons. The van der Waals surface area contributed by atoms with Crippen molar-refractivity contribution < 1.29 is 0 Å². The summed E-state index contributed by atoms with van der Waals surface area (Å²) in [5.41, 5.74) is 2.77. The molecule has 0 bridgehead atoms. The van der Waals surface area contributed by atoms with Crippen LogP contribution in [0.3, 0.4) is 0 Å². The van der Waals surface area contributed by atoms with Gasteiger partial charge in [0.05, 0.1) is 0 Å². The number of alkyl halides is 1. The van der Waals surface area contributed by atoms with E-state index in [0.29, 0.717) is 0 Å². The molecule has 1 nitrogen and oxygen atoms in total. The summed E-state index contributed by atoms with van der Waals surface area (Å²) in [5.74, 6) is 1.64. The van der Waals surface area contributed by atoms with E-state index in [1.165, 1.54) is 35.2 Å². The van der Waals surface area contributed by atoms with Crippen molar-refractivity contribution in [3.8, 4) is 0 Å². The molecule has 2 atom stereocenters. The maximum absolute atomic E-state index is 3.58. The Morgan fingerprint density at radius 3 is 2.71 bits per heavy atom. The van der Waals surface area contributed by atoms with Crippen LogP contribution in [0.1, 0.15) is 25.8 Å². The third kappa shape index (κ3) is 3.05. The number of rotatable bonds is 2. The number of halogens is 2. The normalized spacial score (nSPS) is 25.1. The van der Waals surface area contributed by atoms with Crippen LogP contribution in [0.2, 0.25) is 0 Å². The zero-order valence-electron chi connectivity index (χ0n) is 10.4. The van der Waals surface area contributed by atoms with Gasteiger partial charge in [-0.15, -0.1) is 0 Å². The van der Waals surface area contributed by atoms with E-state index >= 15 is 0 Å². The summed E-state index contributed by atoms with van der Waals surface area (Å²) in [6.07, 6.45) is 1.30. The third-order valence-electron chi connectivity index (χ3n) is 3.87. The molecule has 0 spiro atoms. The van der Waals surface area contributed by atoms with Gasteiger partial charge in [0.25, 0.3) is 0 Å². The number of hydrogen-bond acceptors (Lipinski definition) is 1. The molecule has 1 aromatic carbocycles. The quantitative estimate of drug-likeness (QED) is 0.683. The average molecular weight is 361 g/mol. The van der Waals surface area contributed by atoms with E-state index in [-0.39, 0.29) is 0 Å². The fourth-order valence-electron chi connectivity index (χ4n) is 2.43. The number of piperidine rings is 1. The number of anilines is 1. The van der Waals surface area contributed by atoms with Crippen LogP contribution in [0.25, 0.3) is 0 Å². The first-order valence-corrected chi connectivity index (χ1v) is 8.12. The third-order valence-corrected chi connectivity index (χ3v) is 4.96. The standard InChI is InChI=1S/C14H19Br2N/c1-10-5-6-17(9-11(10)2)14-7-13(16)4-3-12(14)8-15/h3-4,7,10-11H,5-6,8-9H2,1-2H3. The Balaban J connectivity index is 2.24. The molecule has 0 N–H and O–H groups in total. The highest BCUT2D eigenvalue weighted by atomic mass is 79.9. The lowest BCUT2D eigenvalue weighted by atomic mass is 9.88. The SMILES string of the molecule is CC1CCN(c2cc(Br)ccc2CBr)CC1C. The van der Waals surface area contributed by atoms with Crippen molar-refractivity contribution in [2.45, 2.75) is 25.6 Å². The molecule has 94 valence electrons. The summed E-state index contributed by atoms with van der Waals surface area (Å²) in [5, 5.41) is 0.927. The Labute approximate surface area is 121 Å². The Morgan fingerprint density at radius 1 is 1.29 bits per heavy atom. The molecule has 0 saturated carbocycles. The zero-order chi connectivity index (χ0) is 12.4. The summed E-state index contributed by atoms with van der Waals surface area (Å²) < 4.78 is 1.17. The fraction of sp³-hybridized carbons (Fsp3) is 0.571. The van der Waals surface area contributed by atoms with Crippen LogP contribution >= 0.6 is 31.9 Å². The molecule has 0 aliphatic carbocycles. The first kappa shape index (κ1) is 13.4. The minimum atomic E-state index is 0.783. The molecule has 1 saturated heterocycles. The molecule has 2 rings (SSSR count). The van der Waals surface area contributed by atoms with Crippen molar-refractivity contribution in [3.05, 3.63) is 28.2 Å². The predicted molar refractivity (Wildman–Crippen MR) is 81.9 cm³/mol. The molecule has 0 aromatic heterocycles. The van der Waals surface area contributed by atoms with Crippen molar-refractivity contribution in [2.75, 3.05) is 18.0 Å². The van der Waals surface area contributed by atoms with Crippen molar-refractivity contribution >= 4 is 37.5 Å². The lowest BCUT2D eigenvalue weighted by Crippen LogP contribution is -2.38. The first-order valence-electron chi connectivity index (χ1n) is 6.21. The molecule has 1 aliphatic heterocycles. The van der Waals surface area contributed by atoms with Crippen molar-refractivity contribution in [3.63, 3.8) is 0 Å². The molecule has 1 heterocycles. The summed E-state index contributed by atoms with van der Waals surface area (Å²) >= 11 is 7.16. The van der Waals surface area contributed by atoms with Gasteiger partial charge in [-0.05, 0) is 36.0 Å². The lowest BCUT2D eigenvalue weighted by Gasteiger charge is -2.37. The highest BCUT2D eigenvalue weighted by Crippen LogP contribution is 2.32. The minimum Gasteiger partial charge on any atom is -0.371 e. The lowest BCUT2D eigenvalue weighted by molar-refractivity contribution is 0.323. The zero-order valence-corrected chi connectivity index (χ0v) is 13.6. The van der Waals surface area contributed by atoms with Gasteiger partial charge < -0.3 is 4.90 Å². The number of hydrogen-bond donors (Lipinski definition) is 0. The Bertz CT molecular complexity index is 392. The van der Waals surface area contributed by atoms with Gasteiger partial charge in [0.2, 0.25) is 0 Å². The van der Waals surface area contributed by atoms with E-state index < -0.39 is 0 Å². The van der Waals surface area contributed by atoms with Crippen LogP contribution in [-0.4, -0.2) is 13.1 Å². The Kier molecular flexibility index (Phi) is 4.53. The molecule has 3 heteroatoms. The van der Waals surface area contributed by atoms with E-state index in [9.17, 15) is 0 Å². The molecular weight excluding hydrogens is 342 g/mol. The highest BCUT2D eigenvalue weighted by molar-refractivity contribution is 9.10. The van der Waals surface area contributed by atoms with Crippen LogP contribution in [0.4, 0.5) is 5.69 Å². The van der Waals surface area contributed by atoms with Gasteiger partial charge >= 0.3 is 0 Å². The van der Waals surface area contributed by atoms with E-state index in [1.807, 2.05) is 0 Å². The average Bonchev–Trinajstić information content (AvgIpc) is 2.32. The molecule has 1 fully saturated rings. The van der Waals surface area contributed by atoms with E-state index in [2.05, 4.69) is 68.8 Å². The summed E-state index contributed by atoms with van der Waals surface area (Å²) in [6, 6.07) is 6.58. The smallest absolute Gasteiger partial charge is 0.0418 e. The summed E-state index contributed by atoms with van der Waals surface area (Å²) in [7, 11) is 0. The van der Waals surface area contributed by atoms with Crippen molar-refractivity contribution in [1.29, 1.82) is 0 Å². The van der Waals surface area contributed by atoms with E-state index in [0.717, 1.165) is 17.2 Å². The van der Waals surface area contributed by atoms with Crippen LogP contribution in [-0.2, 0) is 5.33 Å². The van der Waals surface area contributed by atoms with Gasteiger partial charge in [-0.3, -0.25) is 0 Å². The maximum Gasteiger partial charge on any atom is 0.0418 e. The molecule has 0 amide bonds. The van der Waals surface area contributed by atoms with Gasteiger partial charge in [0.1, 0.15) is 0 Å². The Morgan fingerprint density at radius 2 is 2.06 bits per heavy atom. The van der Waals surface area contributed by atoms with Gasteiger partial charge in [-0.1, -0.05) is 51.8 Å². The largest absolute Gasteiger partial charge is 0.371 e. The monoisotopic (exact) mass is 359 g/mol. The molecule has 1 aromatic rings. The molecule has 1 aliphatic rings. The number of benzene rings is 1. The van der Waals surface area contributed by atoms with Gasteiger partial charge in [-0.2, -0.15) is 0 Å². The predicted octanol–water partition coefficient (Wildman–Crippen LogP) is 4.83. The van der Waals surface area contributed by atoms with Crippen LogP contribution in [0, 0.1) is 11.8 Å². The van der Waals surface area contributed by atoms with Crippen LogP contribution < -0.4 is 4.90 Å². The second kappa shape index (κ2) is 5.75. The van der Waals surface area contributed by atoms with Crippen LogP contribution in [0.15, 0.2) is 22.7 Å². The first-order chi connectivity index (χ1) is 8.11. The fourth-order valence-corrected chi connectivity index (χ4v) is 3.25. The second-order valence-electron chi connectivity index (χ2n) is 5.10. The Hall–Kier alpha value is -0.0200. The van der Waals surface area contributed by atoms with Gasteiger partial charge in [0, 0.05) is 28.6 Å². The molecule has 2 unspecified atom stereocenters. The number of nitrogens with zero attached hydrogens (tertiary/aromatic N) is 1. The minimum absolute atomic E-state index is 0.783. The molecule has 17 heavy (non-hydrogen) atoms. The van der Waals surface area contributed by atoms with Crippen molar-refractivity contribution in [2.24, 2.45) is 11.8 Å². The van der Waals surface area contributed by atoms with Crippen LogP contribution in [0.5, 0.6) is 0 Å². The maximum atomic E-state index is 3.58. The summed E-state index contributed by atoms with van der Waals surface area (Å²) in [4.78, 5) is 2.53. The second-order valence-corrected chi connectivity index (χ2v) is 6.57. The van der Waals surface area contributed by atoms with Gasteiger partial charge in [0.15, 0.2) is 0 Å². The van der Waals surface area contributed by atoms with Gasteiger partial charge in [-0.25, -0.2) is 0 Å². The topological polar surface area (TPSA) is 3.24 Å².